The first-order valence-corrected chi connectivity index (χ1v) is 5.28. The van der Waals surface area contributed by atoms with Crippen molar-refractivity contribution >= 4 is 11.6 Å². The lowest BCUT2D eigenvalue weighted by molar-refractivity contribution is 0.716. The molecular formula is C11H12ClN3. The van der Waals surface area contributed by atoms with Crippen molar-refractivity contribution in [2.45, 2.75) is 19.9 Å². The summed E-state index contributed by atoms with van der Waals surface area (Å²) in [6.07, 6.45) is 6.42. The average Bonchev–Trinajstić information content (AvgIpc) is 2.65. The van der Waals surface area contributed by atoms with Crippen molar-refractivity contribution in [1.82, 2.24) is 14.5 Å². The third-order valence-electron chi connectivity index (χ3n) is 2.23. The number of nitrogens with zero attached hydrogens (tertiary/aromatic N) is 3. The molecule has 0 aliphatic rings. The zero-order chi connectivity index (χ0) is 10.7. The number of rotatable bonds is 3. The molecule has 0 aliphatic heterocycles. The lowest BCUT2D eigenvalue weighted by atomic mass is 10.3. The minimum Gasteiger partial charge on any atom is -0.329 e. The van der Waals surface area contributed by atoms with Crippen LogP contribution in [0.15, 0.2) is 30.7 Å². The van der Waals surface area contributed by atoms with Crippen molar-refractivity contribution in [3.8, 4) is 0 Å². The van der Waals surface area contributed by atoms with Gasteiger partial charge in [-0.05, 0) is 12.1 Å². The van der Waals surface area contributed by atoms with E-state index in [2.05, 4.69) is 21.5 Å². The van der Waals surface area contributed by atoms with Gasteiger partial charge in [-0.3, -0.25) is 4.98 Å². The van der Waals surface area contributed by atoms with Crippen LogP contribution in [-0.2, 0) is 13.0 Å². The Balaban J connectivity index is 2.22. The molecule has 4 heteroatoms. The second kappa shape index (κ2) is 4.45. The van der Waals surface area contributed by atoms with Gasteiger partial charge >= 0.3 is 0 Å². The molecule has 0 N–H and O–H groups in total. The standard InChI is InChI=1S/C11H12ClN3/c1-2-11-14-5-6-15(11)8-10-7-9(12)3-4-13-10/h3-7H,2,8H2,1H3. The highest BCUT2D eigenvalue weighted by molar-refractivity contribution is 6.30. The monoisotopic (exact) mass is 221 g/mol. The summed E-state index contributed by atoms with van der Waals surface area (Å²) in [7, 11) is 0. The molecule has 0 aromatic carbocycles. The van der Waals surface area contributed by atoms with Crippen LogP contribution in [0, 0.1) is 0 Å². The van der Waals surface area contributed by atoms with Gasteiger partial charge < -0.3 is 4.57 Å². The summed E-state index contributed by atoms with van der Waals surface area (Å²) >= 11 is 5.89. The molecule has 2 aromatic heterocycles. The molecule has 0 spiro atoms. The van der Waals surface area contributed by atoms with Gasteiger partial charge in [0.2, 0.25) is 0 Å². The van der Waals surface area contributed by atoms with E-state index in [0.717, 1.165) is 29.5 Å². The molecule has 2 heterocycles. The number of pyridine rings is 1. The lowest BCUT2D eigenvalue weighted by Gasteiger charge is -2.05. The van der Waals surface area contributed by atoms with Crippen LogP contribution in [0.1, 0.15) is 18.4 Å². The van der Waals surface area contributed by atoms with Gasteiger partial charge in [0.25, 0.3) is 0 Å². The van der Waals surface area contributed by atoms with Crippen LogP contribution >= 0.6 is 11.6 Å². The first kappa shape index (κ1) is 10.2. The van der Waals surface area contributed by atoms with Gasteiger partial charge in [0.05, 0.1) is 12.2 Å². The highest BCUT2D eigenvalue weighted by Crippen LogP contribution is 2.10. The molecule has 2 aromatic rings. The number of halogens is 1. The minimum absolute atomic E-state index is 0.721. The topological polar surface area (TPSA) is 30.7 Å². The summed E-state index contributed by atoms with van der Waals surface area (Å²) < 4.78 is 2.08. The summed E-state index contributed by atoms with van der Waals surface area (Å²) in [5.74, 6) is 1.07. The van der Waals surface area contributed by atoms with Gasteiger partial charge in [0.1, 0.15) is 5.82 Å². The van der Waals surface area contributed by atoms with Gasteiger partial charge in [0.15, 0.2) is 0 Å². The fourth-order valence-corrected chi connectivity index (χ4v) is 1.69. The van der Waals surface area contributed by atoms with E-state index in [1.165, 1.54) is 0 Å². The summed E-state index contributed by atoms with van der Waals surface area (Å²) in [4.78, 5) is 8.51. The zero-order valence-corrected chi connectivity index (χ0v) is 9.28. The third kappa shape index (κ3) is 2.36. The predicted octanol–water partition coefficient (Wildman–Crippen LogP) is 2.54. The quantitative estimate of drug-likeness (QED) is 0.798. The number of imidazole rings is 1. The van der Waals surface area contributed by atoms with Crippen molar-refractivity contribution in [1.29, 1.82) is 0 Å². The van der Waals surface area contributed by atoms with Crippen LogP contribution < -0.4 is 0 Å². The molecule has 78 valence electrons. The average molecular weight is 222 g/mol. The summed E-state index contributed by atoms with van der Waals surface area (Å²) in [6.45, 7) is 2.81. The molecule has 0 radical (unpaired) electrons. The lowest BCUT2D eigenvalue weighted by Crippen LogP contribution is -2.04. The van der Waals surface area contributed by atoms with Crippen molar-refractivity contribution in [2.75, 3.05) is 0 Å². The van der Waals surface area contributed by atoms with E-state index in [1.54, 1.807) is 12.3 Å². The van der Waals surface area contributed by atoms with E-state index in [0.29, 0.717) is 0 Å². The maximum absolute atomic E-state index is 5.89. The Morgan fingerprint density at radius 3 is 2.93 bits per heavy atom. The summed E-state index contributed by atoms with van der Waals surface area (Å²) in [5.41, 5.74) is 0.954. The number of hydrogen-bond donors (Lipinski definition) is 0. The molecule has 2 rings (SSSR count). The Morgan fingerprint density at radius 1 is 1.33 bits per heavy atom. The van der Waals surface area contributed by atoms with Gasteiger partial charge in [-0.15, -0.1) is 0 Å². The van der Waals surface area contributed by atoms with Gasteiger partial charge in [-0.2, -0.15) is 0 Å². The fourth-order valence-electron chi connectivity index (χ4n) is 1.51. The van der Waals surface area contributed by atoms with Crippen LogP contribution in [0.2, 0.25) is 5.02 Å². The van der Waals surface area contributed by atoms with Gasteiger partial charge in [-0.25, -0.2) is 4.98 Å². The summed E-state index contributed by atoms with van der Waals surface area (Å²) in [6, 6.07) is 3.65. The number of aromatic nitrogens is 3. The number of hydrogen-bond acceptors (Lipinski definition) is 2. The molecule has 0 saturated carbocycles. The molecule has 0 unspecified atom stereocenters. The first-order valence-electron chi connectivity index (χ1n) is 4.90. The van der Waals surface area contributed by atoms with E-state index in [4.69, 9.17) is 11.6 Å². The van der Waals surface area contributed by atoms with Gasteiger partial charge in [0, 0.05) is 30.0 Å². The predicted molar refractivity (Wildman–Crippen MR) is 60.0 cm³/mol. The second-order valence-corrected chi connectivity index (χ2v) is 3.73. The molecule has 0 atom stereocenters. The van der Waals surface area contributed by atoms with Crippen molar-refractivity contribution in [3.63, 3.8) is 0 Å². The fraction of sp³-hybridized carbons (Fsp3) is 0.273. The molecule has 0 bridgehead atoms. The van der Waals surface area contributed by atoms with E-state index < -0.39 is 0 Å². The van der Waals surface area contributed by atoms with Crippen LogP contribution in [0.25, 0.3) is 0 Å². The van der Waals surface area contributed by atoms with Gasteiger partial charge in [-0.1, -0.05) is 18.5 Å². The van der Waals surface area contributed by atoms with E-state index >= 15 is 0 Å². The maximum atomic E-state index is 5.89. The van der Waals surface area contributed by atoms with Crippen molar-refractivity contribution in [3.05, 3.63) is 47.3 Å². The van der Waals surface area contributed by atoms with E-state index in [9.17, 15) is 0 Å². The Morgan fingerprint density at radius 2 is 2.20 bits per heavy atom. The van der Waals surface area contributed by atoms with E-state index in [-0.39, 0.29) is 0 Å². The largest absolute Gasteiger partial charge is 0.329 e. The molecule has 0 saturated heterocycles. The highest BCUT2D eigenvalue weighted by Gasteiger charge is 2.02. The first-order chi connectivity index (χ1) is 7.29. The van der Waals surface area contributed by atoms with Crippen molar-refractivity contribution < 1.29 is 0 Å². The molecular weight excluding hydrogens is 210 g/mol. The van der Waals surface area contributed by atoms with Crippen LogP contribution in [-0.4, -0.2) is 14.5 Å². The van der Waals surface area contributed by atoms with Crippen molar-refractivity contribution in [2.24, 2.45) is 0 Å². The van der Waals surface area contributed by atoms with Crippen LogP contribution in [0.3, 0.4) is 0 Å². The zero-order valence-electron chi connectivity index (χ0n) is 8.52. The molecule has 0 fully saturated rings. The second-order valence-electron chi connectivity index (χ2n) is 3.29. The smallest absolute Gasteiger partial charge is 0.108 e. The SMILES string of the molecule is CCc1nccn1Cc1cc(Cl)ccn1. The third-order valence-corrected chi connectivity index (χ3v) is 2.46. The Bertz CT molecular complexity index is 451. The Labute approximate surface area is 93.7 Å². The molecule has 15 heavy (non-hydrogen) atoms. The molecule has 0 aliphatic carbocycles. The minimum atomic E-state index is 0.721. The van der Waals surface area contributed by atoms with E-state index in [1.807, 2.05) is 18.5 Å². The number of aryl methyl sites for hydroxylation is 1. The normalized spacial score (nSPS) is 10.5. The Hall–Kier alpha value is -1.35. The Kier molecular flexibility index (Phi) is 3.02. The molecule has 3 nitrogen and oxygen atoms in total. The highest BCUT2D eigenvalue weighted by atomic mass is 35.5. The summed E-state index contributed by atoms with van der Waals surface area (Å²) in [5, 5.41) is 0.721. The van der Waals surface area contributed by atoms with Crippen LogP contribution in [0.5, 0.6) is 0 Å². The maximum Gasteiger partial charge on any atom is 0.108 e. The van der Waals surface area contributed by atoms with Crippen LogP contribution in [0.4, 0.5) is 0 Å². The molecule has 0 amide bonds.